The molecule has 0 atom stereocenters. The van der Waals surface area contributed by atoms with Crippen LogP contribution in [-0.2, 0) is 0 Å². The molecule has 0 aliphatic heterocycles. The Labute approximate surface area is 178 Å². The summed E-state index contributed by atoms with van der Waals surface area (Å²) in [5, 5.41) is 2.41. The van der Waals surface area contributed by atoms with Crippen molar-refractivity contribution < 1.29 is 9.47 Å². The summed E-state index contributed by atoms with van der Waals surface area (Å²) in [6, 6.07) is 13.1. The van der Waals surface area contributed by atoms with Gasteiger partial charge in [0.2, 0.25) is 0 Å². The van der Waals surface area contributed by atoms with Gasteiger partial charge in [-0.25, -0.2) is 0 Å². The molecule has 156 valence electrons. The SMILES string of the molecule is CCC(CC)n1ccc2c(C)nc3c(-c4c(C)cc(OC)cc4OC)cccc3c21. The van der Waals surface area contributed by atoms with E-state index in [4.69, 9.17) is 14.5 Å². The summed E-state index contributed by atoms with van der Waals surface area (Å²) in [4.78, 5) is 5.06. The van der Waals surface area contributed by atoms with E-state index in [0.29, 0.717) is 6.04 Å². The van der Waals surface area contributed by atoms with Crippen LogP contribution in [0.5, 0.6) is 11.5 Å². The molecule has 0 saturated heterocycles. The van der Waals surface area contributed by atoms with Gasteiger partial charge in [0.05, 0.1) is 25.3 Å². The molecule has 0 aliphatic carbocycles. The average molecular weight is 403 g/mol. The third-order valence-corrected chi connectivity index (χ3v) is 6.21. The Balaban J connectivity index is 2.09. The third kappa shape index (κ3) is 3.11. The van der Waals surface area contributed by atoms with Gasteiger partial charge in [-0.2, -0.15) is 0 Å². The summed E-state index contributed by atoms with van der Waals surface area (Å²) in [6.07, 6.45) is 4.44. The highest BCUT2D eigenvalue weighted by Gasteiger charge is 2.19. The Hall–Kier alpha value is -3.01. The molecule has 0 amide bonds. The van der Waals surface area contributed by atoms with E-state index in [1.165, 1.54) is 16.3 Å². The van der Waals surface area contributed by atoms with Crippen molar-refractivity contribution in [2.75, 3.05) is 14.2 Å². The second-order valence-corrected chi connectivity index (χ2v) is 7.88. The van der Waals surface area contributed by atoms with Gasteiger partial charge in [0.25, 0.3) is 0 Å². The number of benzene rings is 2. The number of para-hydroxylation sites is 1. The van der Waals surface area contributed by atoms with E-state index >= 15 is 0 Å². The molecule has 4 aromatic rings. The maximum Gasteiger partial charge on any atom is 0.130 e. The standard InChI is InChI=1S/C26H30N2O2/c1-7-18(8-2)28-13-12-20-17(4)27-25-21(10-9-11-22(25)26(20)28)24-16(3)14-19(29-5)15-23(24)30-6/h9-15,18H,7-8H2,1-6H3. The number of hydrogen-bond acceptors (Lipinski definition) is 3. The molecule has 4 nitrogen and oxygen atoms in total. The summed E-state index contributed by atoms with van der Waals surface area (Å²) >= 11 is 0. The number of aryl methyl sites for hydroxylation is 2. The summed E-state index contributed by atoms with van der Waals surface area (Å²) in [5.74, 6) is 1.59. The molecule has 0 fully saturated rings. The molecule has 0 N–H and O–H groups in total. The van der Waals surface area contributed by atoms with Crippen LogP contribution in [0.1, 0.15) is 44.0 Å². The first-order chi connectivity index (χ1) is 14.5. The summed E-state index contributed by atoms with van der Waals surface area (Å²) < 4.78 is 13.6. The molecular formula is C26H30N2O2. The topological polar surface area (TPSA) is 36.3 Å². The molecule has 0 aliphatic rings. The van der Waals surface area contributed by atoms with Crippen LogP contribution in [0.2, 0.25) is 0 Å². The molecule has 2 aromatic heterocycles. The Morgan fingerprint density at radius 2 is 1.73 bits per heavy atom. The minimum Gasteiger partial charge on any atom is -0.497 e. The average Bonchev–Trinajstić information content (AvgIpc) is 3.20. The Morgan fingerprint density at radius 3 is 2.40 bits per heavy atom. The lowest BCUT2D eigenvalue weighted by molar-refractivity contribution is 0.395. The predicted octanol–water partition coefficient (Wildman–Crippen LogP) is 6.85. The first-order valence-corrected chi connectivity index (χ1v) is 10.7. The van der Waals surface area contributed by atoms with Crippen LogP contribution in [0.25, 0.3) is 32.9 Å². The van der Waals surface area contributed by atoms with Crippen LogP contribution in [0.4, 0.5) is 0 Å². The lowest BCUT2D eigenvalue weighted by Crippen LogP contribution is -2.06. The highest BCUT2D eigenvalue weighted by atomic mass is 16.5. The molecule has 0 bridgehead atoms. The van der Waals surface area contributed by atoms with Gasteiger partial charge in [0.15, 0.2) is 0 Å². The lowest BCUT2D eigenvalue weighted by Gasteiger charge is -2.19. The number of ether oxygens (including phenoxy) is 2. The Bertz CT molecular complexity index is 1220. The van der Waals surface area contributed by atoms with Crippen LogP contribution in [0.15, 0.2) is 42.6 Å². The van der Waals surface area contributed by atoms with Gasteiger partial charge in [0, 0.05) is 45.9 Å². The first kappa shape index (κ1) is 20.3. The fourth-order valence-corrected chi connectivity index (χ4v) is 4.64. The van der Waals surface area contributed by atoms with Crippen molar-refractivity contribution in [2.24, 2.45) is 0 Å². The number of methoxy groups -OCH3 is 2. The molecule has 4 rings (SSSR count). The molecule has 30 heavy (non-hydrogen) atoms. The molecule has 4 heteroatoms. The minimum atomic E-state index is 0.480. The van der Waals surface area contributed by atoms with Gasteiger partial charge in [0.1, 0.15) is 11.5 Å². The van der Waals surface area contributed by atoms with Gasteiger partial charge < -0.3 is 14.0 Å². The van der Waals surface area contributed by atoms with Crippen LogP contribution in [-0.4, -0.2) is 23.8 Å². The highest BCUT2D eigenvalue weighted by Crippen LogP contribution is 2.41. The second-order valence-electron chi connectivity index (χ2n) is 7.88. The number of aromatic nitrogens is 2. The molecule has 2 heterocycles. The maximum atomic E-state index is 5.76. The number of pyridine rings is 1. The fraction of sp³-hybridized carbons (Fsp3) is 0.346. The molecule has 0 radical (unpaired) electrons. The predicted molar refractivity (Wildman–Crippen MR) is 125 cm³/mol. The van der Waals surface area contributed by atoms with E-state index < -0.39 is 0 Å². The zero-order chi connectivity index (χ0) is 21.4. The monoisotopic (exact) mass is 402 g/mol. The van der Waals surface area contributed by atoms with Crippen molar-refractivity contribution in [1.82, 2.24) is 9.55 Å². The zero-order valence-corrected chi connectivity index (χ0v) is 18.7. The van der Waals surface area contributed by atoms with Crippen molar-refractivity contribution in [1.29, 1.82) is 0 Å². The molecule has 0 saturated carbocycles. The lowest BCUT2D eigenvalue weighted by atomic mass is 9.95. The van der Waals surface area contributed by atoms with Crippen LogP contribution in [0.3, 0.4) is 0 Å². The van der Waals surface area contributed by atoms with Crippen LogP contribution in [0, 0.1) is 13.8 Å². The zero-order valence-electron chi connectivity index (χ0n) is 18.7. The van der Waals surface area contributed by atoms with Crippen molar-refractivity contribution >= 4 is 21.8 Å². The largest absolute Gasteiger partial charge is 0.497 e. The smallest absolute Gasteiger partial charge is 0.130 e. The van der Waals surface area contributed by atoms with Crippen molar-refractivity contribution in [2.45, 2.75) is 46.6 Å². The second kappa shape index (κ2) is 8.02. The van der Waals surface area contributed by atoms with Gasteiger partial charge in [-0.05, 0) is 44.4 Å². The van der Waals surface area contributed by atoms with E-state index in [-0.39, 0.29) is 0 Å². The number of nitrogens with zero attached hydrogens (tertiary/aromatic N) is 2. The van der Waals surface area contributed by atoms with E-state index in [1.54, 1.807) is 14.2 Å². The van der Waals surface area contributed by atoms with Crippen molar-refractivity contribution in [3.05, 3.63) is 53.9 Å². The Morgan fingerprint density at radius 1 is 0.967 bits per heavy atom. The van der Waals surface area contributed by atoms with E-state index in [0.717, 1.165) is 52.2 Å². The normalized spacial score (nSPS) is 11.6. The summed E-state index contributed by atoms with van der Waals surface area (Å²) in [6.45, 7) is 8.71. The van der Waals surface area contributed by atoms with E-state index in [1.807, 2.05) is 6.07 Å². The van der Waals surface area contributed by atoms with Gasteiger partial charge >= 0.3 is 0 Å². The number of rotatable bonds is 6. The van der Waals surface area contributed by atoms with Crippen LogP contribution < -0.4 is 9.47 Å². The molecule has 2 aromatic carbocycles. The maximum absolute atomic E-state index is 5.76. The molecule has 0 spiro atoms. The fourth-order valence-electron chi connectivity index (χ4n) is 4.64. The number of fused-ring (bicyclic) bond motifs is 3. The van der Waals surface area contributed by atoms with Gasteiger partial charge in [-0.1, -0.05) is 32.0 Å². The summed E-state index contributed by atoms with van der Waals surface area (Å²) in [7, 11) is 3.39. The van der Waals surface area contributed by atoms with E-state index in [9.17, 15) is 0 Å². The van der Waals surface area contributed by atoms with Crippen molar-refractivity contribution in [3.8, 4) is 22.6 Å². The van der Waals surface area contributed by atoms with Gasteiger partial charge in [-0.15, -0.1) is 0 Å². The molecular weight excluding hydrogens is 372 g/mol. The summed E-state index contributed by atoms with van der Waals surface area (Å²) in [5.41, 5.74) is 6.61. The van der Waals surface area contributed by atoms with Crippen molar-refractivity contribution in [3.63, 3.8) is 0 Å². The minimum absolute atomic E-state index is 0.480. The van der Waals surface area contributed by atoms with Gasteiger partial charge in [-0.3, -0.25) is 4.98 Å². The van der Waals surface area contributed by atoms with Crippen LogP contribution >= 0.6 is 0 Å². The molecule has 0 unspecified atom stereocenters. The Kier molecular flexibility index (Phi) is 5.42. The third-order valence-electron chi connectivity index (χ3n) is 6.21. The highest BCUT2D eigenvalue weighted by molar-refractivity contribution is 6.10. The number of hydrogen-bond donors (Lipinski definition) is 0. The quantitative estimate of drug-likeness (QED) is 0.354. The first-order valence-electron chi connectivity index (χ1n) is 10.7. The van der Waals surface area contributed by atoms with E-state index in [2.05, 4.69) is 68.8 Å².